The van der Waals surface area contributed by atoms with Gasteiger partial charge in [-0.15, -0.1) is 22.7 Å². The quantitative estimate of drug-likeness (QED) is 0.492. The standard InChI is InChI=1S/C21H22N4O2S3/c1-27-6-2-8-30(26)21-18(22)17-14(13-9-15(24-11-13)12-3-4-12)10-16(25-20(17)29-21)19-23-5-7-28-19/h5,7,10-12H,2-4,6,8-9,22H2,1H3. The summed E-state index contributed by atoms with van der Waals surface area (Å²) in [5.41, 5.74) is 11.4. The van der Waals surface area contributed by atoms with E-state index in [-0.39, 0.29) is 0 Å². The number of hydrogen-bond acceptors (Lipinski definition) is 8. The number of pyridine rings is 1. The van der Waals surface area contributed by atoms with E-state index in [0.29, 0.717) is 28.2 Å². The van der Waals surface area contributed by atoms with Gasteiger partial charge >= 0.3 is 0 Å². The molecule has 6 nitrogen and oxygen atoms in total. The summed E-state index contributed by atoms with van der Waals surface area (Å²) in [4.78, 5) is 14.8. The molecule has 0 radical (unpaired) electrons. The molecule has 30 heavy (non-hydrogen) atoms. The van der Waals surface area contributed by atoms with Crippen LogP contribution in [0.4, 0.5) is 5.69 Å². The highest BCUT2D eigenvalue weighted by Gasteiger charge is 2.31. The minimum atomic E-state index is -1.17. The fourth-order valence-electron chi connectivity index (χ4n) is 3.69. The number of nitrogens with two attached hydrogens (primary N) is 1. The van der Waals surface area contributed by atoms with Crippen LogP contribution in [0.25, 0.3) is 26.5 Å². The van der Waals surface area contributed by atoms with Gasteiger partial charge in [0.05, 0.1) is 16.5 Å². The van der Waals surface area contributed by atoms with Crippen molar-refractivity contribution in [3.8, 4) is 10.7 Å². The van der Waals surface area contributed by atoms with Crippen molar-refractivity contribution in [2.45, 2.75) is 29.9 Å². The zero-order chi connectivity index (χ0) is 20.7. The molecule has 3 aromatic rings. The summed E-state index contributed by atoms with van der Waals surface area (Å²) in [5, 5.41) is 3.71. The van der Waals surface area contributed by atoms with Crippen molar-refractivity contribution in [3.05, 3.63) is 29.4 Å². The fourth-order valence-corrected chi connectivity index (χ4v) is 6.91. The smallest absolute Gasteiger partial charge is 0.141 e. The highest BCUT2D eigenvalue weighted by Crippen LogP contribution is 2.44. The highest BCUT2D eigenvalue weighted by molar-refractivity contribution is 7.87. The lowest BCUT2D eigenvalue weighted by Crippen LogP contribution is -2.02. The lowest BCUT2D eigenvalue weighted by atomic mass is 9.98. The number of anilines is 1. The zero-order valence-electron chi connectivity index (χ0n) is 16.6. The van der Waals surface area contributed by atoms with Gasteiger partial charge in [-0.3, -0.25) is 9.20 Å². The van der Waals surface area contributed by atoms with E-state index in [9.17, 15) is 4.21 Å². The van der Waals surface area contributed by atoms with Crippen molar-refractivity contribution in [3.63, 3.8) is 0 Å². The summed E-state index contributed by atoms with van der Waals surface area (Å²) in [6.07, 6.45) is 7.81. The average Bonchev–Trinajstić information content (AvgIpc) is 3.16. The van der Waals surface area contributed by atoms with Gasteiger partial charge in [0.25, 0.3) is 0 Å². The molecule has 0 bridgehead atoms. The fraction of sp³-hybridized carbons (Fsp3) is 0.381. The van der Waals surface area contributed by atoms with Crippen molar-refractivity contribution in [1.29, 1.82) is 0 Å². The molecule has 0 aromatic carbocycles. The van der Waals surface area contributed by atoms with Gasteiger partial charge in [0, 0.05) is 54.8 Å². The molecule has 1 aliphatic heterocycles. The van der Waals surface area contributed by atoms with Crippen LogP contribution in [0.5, 0.6) is 0 Å². The molecule has 1 atom stereocenters. The third-order valence-corrected chi connectivity index (χ3v) is 9.14. The van der Waals surface area contributed by atoms with Crippen LogP contribution in [0, 0.1) is 5.92 Å². The SMILES string of the molecule is COCCCS(=O)c1sc2nc(-c3nccs3)cc(C3=CN=C(C4CC4)C3)c2c1N. The summed E-state index contributed by atoms with van der Waals surface area (Å²) in [6.45, 7) is 0.586. The van der Waals surface area contributed by atoms with E-state index in [1.54, 1.807) is 24.6 Å². The number of nitrogens with zero attached hydrogens (tertiary/aromatic N) is 3. The Morgan fingerprint density at radius 2 is 2.23 bits per heavy atom. The number of nitrogen functional groups attached to an aromatic ring is 1. The first-order valence-corrected chi connectivity index (χ1v) is 12.9. The van der Waals surface area contributed by atoms with Crippen molar-refractivity contribution in [1.82, 2.24) is 9.97 Å². The predicted octanol–water partition coefficient (Wildman–Crippen LogP) is 4.74. The van der Waals surface area contributed by atoms with Crippen LogP contribution in [0.2, 0.25) is 0 Å². The molecule has 0 amide bonds. The van der Waals surface area contributed by atoms with Gasteiger partial charge in [-0.1, -0.05) is 0 Å². The Hall–Kier alpha value is -1.94. The van der Waals surface area contributed by atoms with E-state index >= 15 is 0 Å². The maximum atomic E-state index is 12.9. The lowest BCUT2D eigenvalue weighted by Gasteiger charge is -2.08. The second-order valence-electron chi connectivity index (χ2n) is 7.50. The molecule has 1 fully saturated rings. The molecule has 1 aliphatic carbocycles. The number of thiophene rings is 1. The molecule has 1 unspecified atom stereocenters. The van der Waals surface area contributed by atoms with E-state index in [1.807, 2.05) is 11.6 Å². The largest absolute Gasteiger partial charge is 0.396 e. The molecule has 0 spiro atoms. The van der Waals surface area contributed by atoms with E-state index in [1.165, 1.54) is 29.9 Å². The van der Waals surface area contributed by atoms with Crippen LogP contribution in [0.15, 0.2) is 33.0 Å². The van der Waals surface area contributed by atoms with Crippen molar-refractivity contribution < 1.29 is 8.95 Å². The molecular weight excluding hydrogens is 436 g/mol. The van der Waals surface area contributed by atoms with Crippen LogP contribution in [-0.4, -0.2) is 39.4 Å². The second kappa shape index (κ2) is 8.30. The van der Waals surface area contributed by atoms with E-state index < -0.39 is 10.8 Å². The van der Waals surface area contributed by atoms with Gasteiger partial charge in [0.1, 0.15) is 19.7 Å². The summed E-state index contributed by atoms with van der Waals surface area (Å²) in [6, 6.07) is 2.07. The molecule has 2 aliphatic rings. The molecule has 9 heteroatoms. The first kappa shape index (κ1) is 20.0. The number of ether oxygens (including phenoxy) is 1. The zero-order valence-corrected chi connectivity index (χ0v) is 19.0. The Kier molecular flexibility index (Phi) is 5.53. The van der Waals surface area contributed by atoms with Crippen molar-refractivity contribution >= 4 is 60.7 Å². The molecule has 2 N–H and O–H groups in total. The van der Waals surface area contributed by atoms with Gasteiger partial charge in [-0.2, -0.15) is 0 Å². The number of hydrogen-bond donors (Lipinski definition) is 1. The van der Waals surface area contributed by atoms with Crippen LogP contribution in [0.1, 0.15) is 31.2 Å². The van der Waals surface area contributed by atoms with Crippen LogP contribution in [0.3, 0.4) is 0 Å². The van der Waals surface area contributed by atoms with Crippen molar-refractivity contribution in [2.24, 2.45) is 10.9 Å². The minimum absolute atomic E-state index is 0.525. The van der Waals surface area contributed by atoms with Gasteiger partial charge < -0.3 is 10.5 Å². The predicted molar refractivity (Wildman–Crippen MR) is 126 cm³/mol. The summed E-state index contributed by atoms with van der Waals surface area (Å²) < 4.78 is 18.7. The topological polar surface area (TPSA) is 90.5 Å². The number of thiazole rings is 1. The Balaban J connectivity index is 1.58. The summed E-state index contributed by atoms with van der Waals surface area (Å²) in [7, 11) is 0.479. The summed E-state index contributed by atoms with van der Waals surface area (Å²) in [5.74, 6) is 1.16. The molecule has 3 aromatic heterocycles. The number of allylic oxidation sites excluding steroid dienone is 1. The minimum Gasteiger partial charge on any atom is -0.396 e. The van der Waals surface area contributed by atoms with Crippen LogP contribution >= 0.6 is 22.7 Å². The Morgan fingerprint density at radius 3 is 2.97 bits per heavy atom. The number of aromatic nitrogens is 2. The third-order valence-electron chi connectivity index (χ3n) is 5.35. The molecule has 0 saturated heterocycles. The Labute approximate surface area is 185 Å². The maximum absolute atomic E-state index is 12.9. The second-order valence-corrected chi connectivity index (χ2v) is 11.2. The number of fused-ring (bicyclic) bond motifs is 1. The number of methoxy groups -OCH3 is 1. The van der Waals surface area contributed by atoms with Crippen molar-refractivity contribution in [2.75, 3.05) is 25.2 Å². The monoisotopic (exact) mass is 458 g/mol. The molecule has 5 rings (SSSR count). The van der Waals surface area contributed by atoms with Gasteiger partial charge in [-0.25, -0.2) is 9.97 Å². The number of aliphatic imine (C=N–C) groups is 1. The normalized spacial score (nSPS) is 17.4. The van der Waals surface area contributed by atoms with Gasteiger partial charge in [-0.05, 0) is 42.4 Å². The van der Waals surface area contributed by atoms with E-state index in [2.05, 4.69) is 16.0 Å². The van der Waals surface area contributed by atoms with Crippen LogP contribution in [-0.2, 0) is 15.5 Å². The number of rotatable bonds is 8. The lowest BCUT2D eigenvalue weighted by molar-refractivity contribution is 0.200. The van der Waals surface area contributed by atoms with Gasteiger partial charge in [0.15, 0.2) is 0 Å². The third kappa shape index (κ3) is 3.75. The average molecular weight is 459 g/mol. The molecule has 1 saturated carbocycles. The molecule has 156 valence electrons. The maximum Gasteiger partial charge on any atom is 0.141 e. The first-order chi connectivity index (χ1) is 14.7. The molecular formula is C21H22N4O2S3. The first-order valence-electron chi connectivity index (χ1n) is 9.92. The van der Waals surface area contributed by atoms with E-state index in [0.717, 1.165) is 44.9 Å². The highest BCUT2D eigenvalue weighted by atomic mass is 32.2. The Morgan fingerprint density at radius 1 is 1.37 bits per heavy atom. The summed E-state index contributed by atoms with van der Waals surface area (Å²) >= 11 is 2.99. The molecule has 4 heterocycles. The van der Waals surface area contributed by atoms with Crippen LogP contribution < -0.4 is 5.73 Å². The Bertz CT molecular complexity index is 1180. The van der Waals surface area contributed by atoms with Gasteiger partial charge in [0.2, 0.25) is 0 Å². The van der Waals surface area contributed by atoms with E-state index in [4.69, 9.17) is 15.5 Å².